The summed E-state index contributed by atoms with van der Waals surface area (Å²) in [4.78, 5) is 2.82. The first kappa shape index (κ1) is 15.1. The highest BCUT2D eigenvalue weighted by molar-refractivity contribution is 5.28. The fourth-order valence-electron chi connectivity index (χ4n) is 3.87. The lowest BCUT2D eigenvalue weighted by atomic mass is 9.89. The smallest absolute Gasteiger partial charge is 0.0278 e. The third kappa shape index (κ3) is 3.02. The van der Waals surface area contributed by atoms with Gasteiger partial charge in [0, 0.05) is 36.6 Å². The highest BCUT2D eigenvalue weighted by Gasteiger charge is 2.48. The Hall–Kier alpha value is -0.860. The summed E-state index contributed by atoms with van der Waals surface area (Å²) in [5.41, 5.74) is 1.82. The second-order valence-corrected chi connectivity index (χ2v) is 7.60. The van der Waals surface area contributed by atoms with Gasteiger partial charge in [-0.1, -0.05) is 51.1 Å². The van der Waals surface area contributed by atoms with Crippen LogP contribution >= 0.6 is 0 Å². The molecule has 2 heteroatoms. The summed E-state index contributed by atoms with van der Waals surface area (Å²) in [7, 11) is 0. The topological polar surface area (TPSA) is 15.3 Å². The Bertz CT molecular complexity index is 470. The molecule has 1 saturated carbocycles. The fraction of sp³-hybridized carbons (Fsp3) is 0.684. The summed E-state index contributed by atoms with van der Waals surface area (Å²) in [6.45, 7) is 11.8. The van der Waals surface area contributed by atoms with Gasteiger partial charge in [-0.3, -0.25) is 4.90 Å². The minimum atomic E-state index is 0.287. The molecule has 2 nitrogen and oxygen atoms in total. The Morgan fingerprint density at radius 3 is 2.62 bits per heavy atom. The van der Waals surface area contributed by atoms with Gasteiger partial charge in [0.15, 0.2) is 0 Å². The van der Waals surface area contributed by atoms with Gasteiger partial charge in [-0.2, -0.15) is 0 Å². The molecule has 2 fully saturated rings. The van der Waals surface area contributed by atoms with Crippen LogP contribution in [0.15, 0.2) is 30.3 Å². The lowest BCUT2D eigenvalue weighted by Gasteiger charge is -2.48. The van der Waals surface area contributed by atoms with Crippen LogP contribution in [0.25, 0.3) is 0 Å². The Kier molecular flexibility index (Phi) is 4.11. The lowest BCUT2D eigenvalue weighted by Crippen LogP contribution is -2.64. The maximum Gasteiger partial charge on any atom is 0.0278 e. The Morgan fingerprint density at radius 2 is 2.00 bits per heavy atom. The molecule has 1 aliphatic carbocycles. The van der Waals surface area contributed by atoms with Crippen molar-refractivity contribution in [3.05, 3.63) is 35.9 Å². The molecule has 0 spiro atoms. The van der Waals surface area contributed by atoms with Gasteiger partial charge in [0.25, 0.3) is 0 Å². The van der Waals surface area contributed by atoms with E-state index in [2.05, 4.69) is 68.2 Å². The van der Waals surface area contributed by atoms with E-state index in [4.69, 9.17) is 0 Å². The fourth-order valence-corrected chi connectivity index (χ4v) is 3.87. The van der Waals surface area contributed by atoms with E-state index >= 15 is 0 Å². The number of piperazine rings is 1. The molecule has 1 aromatic carbocycles. The predicted octanol–water partition coefficient (Wildman–Crippen LogP) is 3.64. The average molecular weight is 286 g/mol. The van der Waals surface area contributed by atoms with Gasteiger partial charge in [-0.05, 0) is 31.2 Å². The summed E-state index contributed by atoms with van der Waals surface area (Å²) in [6, 6.07) is 12.5. The van der Waals surface area contributed by atoms with Crippen LogP contribution in [-0.4, -0.2) is 35.6 Å². The molecule has 1 aliphatic heterocycles. The van der Waals surface area contributed by atoms with Gasteiger partial charge in [0.1, 0.15) is 0 Å². The molecule has 0 radical (unpaired) electrons. The lowest BCUT2D eigenvalue weighted by molar-refractivity contribution is 0.0519. The van der Waals surface area contributed by atoms with Crippen molar-refractivity contribution in [2.45, 2.75) is 64.1 Å². The minimum absolute atomic E-state index is 0.287. The molecule has 1 aromatic rings. The Balaban J connectivity index is 1.75. The van der Waals surface area contributed by atoms with Crippen LogP contribution in [0.2, 0.25) is 0 Å². The second-order valence-electron chi connectivity index (χ2n) is 7.60. The van der Waals surface area contributed by atoms with E-state index in [0.29, 0.717) is 6.04 Å². The van der Waals surface area contributed by atoms with Crippen LogP contribution in [0.4, 0.5) is 0 Å². The van der Waals surface area contributed by atoms with Crippen molar-refractivity contribution in [3.63, 3.8) is 0 Å². The molecule has 4 unspecified atom stereocenters. The SMILES string of the molecule is CCC1(C)CN(C2CC2c2ccccc2)C(C(C)C)CN1. The maximum absolute atomic E-state index is 3.80. The largest absolute Gasteiger partial charge is 0.309 e. The van der Waals surface area contributed by atoms with E-state index in [-0.39, 0.29) is 5.54 Å². The predicted molar refractivity (Wildman–Crippen MR) is 89.6 cm³/mol. The van der Waals surface area contributed by atoms with Crippen LogP contribution in [0, 0.1) is 5.92 Å². The van der Waals surface area contributed by atoms with Crippen molar-refractivity contribution in [2.24, 2.45) is 5.92 Å². The highest BCUT2D eigenvalue weighted by Crippen LogP contribution is 2.47. The maximum atomic E-state index is 3.80. The van der Waals surface area contributed by atoms with E-state index in [1.54, 1.807) is 0 Å². The molecular formula is C19H30N2. The molecule has 21 heavy (non-hydrogen) atoms. The molecule has 116 valence electrons. The van der Waals surface area contributed by atoms with Gasteiger partial charge in [-0.15, -0.1) is 0 Å². The van der Waals surface area contributed by atoms with Crippen molar-refractivity contribution in [2.75, 3.05) is 13.1 Å². The molecule has 4 atom stereocenters. The Labute approximate surface area is 129 Å². The molecule has 0 amide bonds. The number of nitrogens with one attached hydrogen (secondary N) is 1. The molecule has 0 aromatic heterocycles. The van der Waals surface area contributed by atoms with Crippen LogP contribution in [-0.2, 0) is 0 Å². The first-order valence-corrected chi connectivity index (χ1v) is 8.60. The van der Waals surface area contributed by atoms with Gasteiger partial charge in [0.2, 0.25) is 0 Å². The van der Waals surface area contributed by atoms with Crippen LogP contribution in [0.1, 0.15) is 52.0 Å². The molecule has 2 aliphatic rings. The summed E-state index contributed by atoms with van der Waals surface area (Å²) >= 11 is 0. The van der Waals surface area contributed by atoms with E-state index < -0.39 is 0 Å². The van der Waals surface area contributed by atoms with E-state index in [1.807, 2.05) is 0 Å². The van der Waals surface area contributed by atoms with E-state index in [9.17, 15) is 0 Å². The van der Waals surface area contributed by atoms with Crippen LogP contribution < -0.4 is 5.32 Å². The highest BCUT2D eigenvalue weighted by atomic mass is 15.3. The minimum Gasteiger partial charge on any atom is -0.309 e. The summed E-state index contributed by atoms with van der Waals surface area (Å²) in [6.07, 6.45) is 2.55. The third-order valence-electron chi connectivity index (χ3n) is 5.66. The van der Waals surface area contributed by atoms with E-state index in [0.717, 1.165) is 24.4 Å². The van der Waals surface area contributed by atoms with Crippen molar-refractivity contribution < 1.29 is 0 Å². The van der Waals surface area contributed by atoms with Crippen LogP contribution in [0.5, 0.6) is 0 Å². The summed E-state index contributed by atoms with van der Waals surface area (Å²) in [5, 5.41) is 3.80. The normalized spacial score (nSPS) is 36.9. The number of rotatable bonds is 4. The second kappa shape index (κ2) is 5.73. The summed E-state index contributed by atoms with van der Waals surface area (Å²) < 4.78 is 0. The van der Waals surface area contributed by atoms with Gasteiger partial charge in [-0.25, -0.2) is 0 Å². The van der Waals surface area contributed by atoms with Gasteiger partial charge < -0.3 is 5.32 Å². The number of hydrogen-bond acceptors (Lipinski definition) is 2. The molecular weight excluding hydrogens is 256 g/mol. The Morgan fingerprint density at radius 1 is 1.29 bits per heavy atom. The van der Waals surface area contributed by atoms with Gasteiger partial charge >= 0.3 is 0 Å². The standard InChI is InChI=1S/C19H30N2/c1-5-19(4)13-21(18(12-20-19)14(2)3)17-11-16(17)15-9-7-6-8-10-15/h6-10,14,16-18,20H,5,11-13H2,1-4H3. The molecule has 1 N–H and O–H groups in total. The number of benzene rings is 1. The summed E-state index contributed by atoms with van der Waals surface area (Å²) in [5.74, 6) is 1.47. The van der Waals surface area contributed by atoms with E-state index in [1.165, 1.54) is 24.9 Å². The average Bonchev–Trinajstić information content (AvgIpc) is 3.28. The van der Waals surface area contributed by atoms with Crippen molar-refractivity contribution in [1.29, 1.82) is 0 Å². The molecule has 1 saturated heterocycles. The third-order valence-corrected chi connectivity index (χ3v) is 5.66. The van der Waals surface area contributed by atoms with Crippen molar-refractivity contribution >= 4 is 0 Å². The molecule has 0 bridgehead atoms. The zero-order valence-electron chi connectivity index (χ0n) is 14.0. The quantitative estimate of drug-likeness (QED) is 0.909. The first-order valence-electron chi connectivity index (χ1n) is 8.60. The van der Waals surface area contributed by atoms with Crippen molar-refractivity contribution in [1.82, 2.24) is 10.2 Å². The first-order chi connectivity index (χ1) is 10.0. The number of hydrogen-bond donors (Lipinski definition) is 1. The van der Waals surface area contributed by atoms with Crippen LogP contribution in [0.3, 0.4) is 0 Å². The zero-order chi connectivity index (χ0) is 15.0. The molecule has 3 rings (SSSR count). The zero-order valence-corrected chi connectivity index (χ0v) is 14.0. The number of nitrogens with zero attached hydrogens (tertiary/aromatic N) is 1. The van der Waals surface area contributed by atoms with Crippen molar-refractivity contribution in [3.8, 4) is 0 Å². The van der Waals surface area contributed by atoms with Gasteiger partial charge in [0.05, 0.1) is 0 Å². The molecule has 1 heterocycles. The monoisotopic (exact) mass is 286 g/mol.